The fraction of sp³-hybridized carbons (Fsp3) is 0.571. The summed E-state index contributed by atoms with van der Waals surface area (Å²) >= 11 is 6.14. The Kier molecular flexibility index (Phi) is 3.56. The van der Waals surface area contributed by atoms with E-state index in [1.807, 2.05) is 0 Å². The summed E-state index contributed by atoms with van der Waals surface area (Å²) in [6.45, 7) is 9.82. The lowest BCUT2D eigenvalue weighted by Gasteiger charge is -2.19. The van der Waals surface area contributed by atoms with Crippen molar-refractivity contribution in [2.45, 2.75) is 39.1 Å². The maximum atomic E-state index is 6.14. The first-order valence-corrected chi connectivity index (χ1v) is 6.43. The Morgan fingerprint density at radius 1 is 1.25 bits per heavy atom. The molecule has 1 nitrogen and oxygen atoms in total. The van der Waals surface area contributed by atoms with Crippen LogP contribution in [0, 0.1) is 20.8 Å². The summed E-state index contributed by atoms with van der Waals surface area (Å²) in [6, 6.07) is 4.55. The highest BCUT2D eigenvalue weighted by molar-refractivity contribution is 6.20. The second-order valence-corrected chi connectivity index (χ2v) is 5.62. The normalized spacial score (nSPS) is 21.6. The van der Waals surface area contributed by atoms with E-state index in [0.29, 0.717) is 5.38 Å². The van der Waals surface area contributed by atoms with Gasteiger partial charge in [0.15, 0.2) is 0 Å². The van der Waals surface area contributed by atoms with E-state index in [9.17, 15) is 0 Å². The molecule has 0 aromatic heterocycles. The molecular weight excluding hydrogens is 218 g/mol. The third-order valence-electron chi connectivity index (χ3n) is 3.44. The molecule has 1 atom stereocenters. The number of hydrogen-bond donors (Lipinski definition) is 0. The molecule has 16 heavy (non-hydrogen) atoms. The second kappa shape index (κ2) is 4.77. The van der Waals surface area contributed by atoms with Crippen LogP contribution in [0.4, 0.5) is 0 Å². The lowest BCUT2D eigenvalue weighted by Crippen LogP contribution is -2.21. The molecule has 0 radical (unpaired) electrons. The Hall–Kier alpha value is -0.530. The second-order valence-electron chi connectivity index (χ2n) is 5.00. The molecule has 0 aliphatic carbocycles. The van der Waals surface area contributed by atoms with Crippen LogP contribution < -0.4 is 0 Å². The smallest absolute Gasteiger partial charge is 0.0475 e. The average molecular weight is 238 g/mol. The van der Waals surface area contributed by atoms with Crippen molar-refractivity contribution in [1.82, 2.24) is 4.90 Å². The largest absolute Gasteiger partial charge is 0.298 e. The number of alkyl halides is 1. The van der Waals surface area contributed by atoms with Gasteiger partial charge in [0.2, 0.25) is 0 Å². The van der Waals surface area contributed by atoms with Crippen LogP contribution in [-0.4, -0.2) is 23.4 Å². The first-order valence-electron chi connectivity index (χ1n) is 5.99. The van der Waals surface area contributed by atoms with Gasteiger partial charge in [0, 0.05) is 18.5 Å². The Balaban J connectivity index is 2.15. The molecule has 1 saturated heterocycles. The first kappa shape index (κ1) is 11.9. The predicted molar refractivity (Wildman–Crippen MR) is 70.2 cm³/mol. The molecule has 0 amide bonds. The zero-order valence-corrected chi connectivity index (χ0v) is 11.1. The van der Waals surface area contributed by atoms with Gasteiger partial charge in [-0.25, -0.2) is 0 Å². The third-order valence-corrected chi connectivity index (χ3v) is 3.79. The van der Waals surface area contributed by atoms with Gasteiger partial charge in [0.05, 0.1) is 0 Å². The maximum Gasteiger partial charge on any atom is 0.0475 e. The van der Waals surface area contributed by atoms with Crippen molar-refractivity contribution in [3.63, 3.8) is 0 Å². The van der Waals surface area contributed by atoms with E-state index in [1.54, 1.807) is 0 Å². The van der Waals surface area contributed by atoms with Crippen molar-refractivity contribution in [3.05, 3.63) is 34.4 Å². The van der Waals surface area contributed by atoms with E-state index >= 15 is 0 Å². The highest BCUT2D eigenvalue weighted by Crippen LogP contribution is 2.22. The monoisotopic (exact) mass is 237 g/mol. The zero-order valence-electron chi connectivity index (χ0n) is 10.4. The van der Waals surface area contributed by atoms with Crippen LogP contribution in [0.2, 0.25) is 0 Å². The van der Waals surface area contributed by atoms with Gasteiger partial charge in [0.25, 0.3) is 0 Å². The predicted octanol–water partition coefficient (Wildman–Crippen LogP) is 3.42. The van der Waals surface area contributed by atoms with Crippen molar-refractivity contribution in [2.75, 3.05) is 13.1 Å². The fourth-order valence-electron chi connectivity index (χ4n) is 2.61. The molecule has 1 aromatic carbocycles. The SMILES string of the molecule is Cc1cc(C)c(CN2CCC(Cl)C2)c(C)c1. The number of hydrogen-bond acceptors (Lipinski definition) is 1. The molecule has 0 N–H and O–H groups in total. The molecule has 0 bridgehead atoms. The summed E-state index contributed by atoms with van der Waals surface area (Å²) in [5.41, 5.74) is 5.66. The summed E-state index contributed by atoms with van der Waals surface area (Å²) in [5.74, 6) is 0. The van der Waals surface area contributed by atoms with Gasteiger partial charge in [-0.05, 0) is 50.4 Å². The lowest BCUT2D eigenvalue weighted by molar-refractivity contribution is 0.330. The Bertz CT molecular complexity index is 363. The number of aryl methyl sites for hydroxylation is 3. The number of likely N-dealkylation sites (tertiary alicyclic amines) is 1. The van der Waals surface area contributed by atoms with Crippen LogP contribution in [0.3, 0.4) is 0 Å². The summed E-state index contributed by atoms with van der Waals surface area (Å²) in [7, 11) is 0. The summed E-state index contributed by atoms with van der Waals surface area (Å²) < 4.78 is 0. The van der Waals surface area contributed by atoms with E-state index in [-0.39, 0.29) is 0 Å². The molecule has 2 rings (SSSR count). The Morgan fingerprint density at radius 2 is 1.88 bits per heavy atom. The summed E-state index contributed by atoms with van der Waals surface area (Å²) in [4.78, 5) is 2.46. The number of halogens is 1. The Morgan fingerprint density at radius 3 is 2.38 bits per heavy atom. The molecule has 1 unspecified atom stereocenters. The minimum Gasteiger partial charge on any atom is -0.298 e. The molecule has 0 saturated carbocycles. The summed E-state index contributed by atoms with van der Waals surface area (Å²) in [6.07, 6.45) is 1.13. The molecule has 88 valence electrons. The van der Waals surface area contributed by atoms with E-state index in [4.69, 9.17) is 11.6 Å². The molecular formula is C14H20ClN. The number of benzene rings is 1. The Labute approximate surface area is 103 Å². The maximum absolute atomic E-state index is 6.14. The quantitative estimate of drug-likeness (QED) is 0.713. The summed E-state index contributed by atoms with van der Waals surface area (Å²) in [5, 5.41) is 0.353. The average Bonchev–Trinajstić information content (AvgIpc) is 2.58. The van der Waals surface area contributed by atoms with Gasteiger partial charge in [-0.15, -0.1) is 11.6 Å². The van der Waals surface area contributed by atoms with Crippen molar-refractivity contribution in [1.29, 1.82) is 0 Å². The zero-order chi connectivity index (χ0) is 11.7. The third kappa shape index (κ3) is 2.58. The highest BCUT2D eigenvalue weighted by Gasteiger charge is 2.21. The van der Waals surface area contributed by atoms with E-state index in [0.717, 1.165) is 26.1 Å². The molecule has 1 aromatic rings. The molecule has 1 aliphatic heterocycles. The van der Waals surface area contributed by atoms with Crippen LogP contribution >= 0.6 is 11.6 Å². The van der Waals surface area contributed by atoms with E-state index in [1.165, 1.54) is 22.3 Å². The first-order chi connectivity index (χ1) is 7.56. The van der Waals surface area contributed by atoms with Crippen molar-refractivity contribution in [3.8, 4) is 0 Å². The van der Waals surface area contributed by atoms with E-state index in [2.05, 4.69) is 37.8 Å². The molecule has 0 spiro atoms. The van der Waals surface area contributed by atoms with Gasteiger partial charge in [-0.3, -0.25) is 4.90 Å². The minimum atomic E-state index is 0.353. The fourth-order valence-corrected chi connectivity index (χ4v) is 2.90. The number of nitrogens with zero attached hydrogens (tertiary/aromatic N) is 1. The molecule has 1 heterocycles. The van der Waals surface area contributed by atoms with Crippen LogP contribution in [0.25, 0.3) is 0 Å². The van der Waals surface area contributed by atoms with Crippen LogP contribution in [-0.2, 0) is 6.54 Å². The van der Waals surface area contributed by atoms with Crippen molar-refractivity contribution >= 4 is 11.6 Å². The minimum absolute atomic E-state index is 0.353. The standard InChI is InChI=1S/C14H20ClN/c1-10-6-11(2)14(12(3)7-10)9-16-5-4-13(15)8-16/h6-7,13H,4-5,8-9H2,1-3H3. The number of rotatable bonds is 2. The van der Waals surface area contributed by atoms with Gasteiger partial charge >= 0.3 is 0 Å². The van der Waals surface area contributed by atoms with Crippen molar-refractivity contribution < 1.29 is 0 Å². The molecule has 1 fully saturated rings. The molecule has 2 heteroatoms. The highest BCUT2D eigenvalue weighted by atomic mass is 35.5. The van der Waals surface area contributed by atoms with Gasteiger partial charge in [-0.2, -0.15) is 0 Å². The van der Waals surface area contributed by atoms with E-state index < -0.39 is 0 Å². The topological polar surface area (TPSA) is 3.24 Å². The van der Waals surface area contributed by atoms with Crippen molar-refractivity contribution in [2.24, 2.45) is 0 Å². The van der Waals surface area contributed by atoms with Crippen LogP contribution in [0.1, 0.15) is 28.7 Å². The van der Waals surface area contributed by atoms with Gasteiger partial charge in [-0.1, -0.05) is 17.7 Å². The molecule has 1 aliphatic rings. The van der Waals surface area contributed by atoms with Crippen LogP contribution in [0.5, 0.6) is 0 Å². The van der Waals surface area contributed by atoms with Gasteiger partial charge in [0.1, 0.15) is 0 Å². The lowest BCUT2D eigenvalue weighted by atomic mass is 9.99. The van der Waals surface area contributed by atoms with Gasteiger partial charge < -0.3 is 0 Å². The van der Waals surface area contributed by atoms with Crippen LogP contribution in [0.15, 0.2) is 12.1 Å².